The molecule has 1 aliphatic rings. The van der Waals surface area contributed by atoms with Crippen LogP contribution in [0.5, 0.6) is 0 Å². The maximum absolute atomic E-state index is 13.8. The number of para-hydroxylation sites is 1. The van der Waals surface area contributed by atoms with Gasteiger partial charge >= 0.3 is 5.97 Å². The number of benzene rings is 1. The predicted octanol–water partition coefficient (Wildman–Crippen LogP) is -0.0738. The number of nitrogens with one attached hydrogen (secondary N) is 1. The van der Waals surface area contributed by atoms with E-state index in [1.165, 1.54) is 37.2 Å². The summed E-state index contributed by atoms with van der Waals surface area (Å²) in [6, 6.07) is 5.79. The summed E-state index contributed by atoms with van der Waals surface area (Å²) in [6.07, 6.45) is -0.116. The Labute approximate surface area is 149 Å². The van der Waals surface area contributed by atoms with Crippen LogP contribution in [0.4, 0.5) is 10.1 Å². The van der Waals surface area contributed by atoms with E-state index in [0.717, 1.165) is 4.90 Å². The smallest absolute Gasteiger partial charge is 0.311 e. The predicted molar refractivity (Wildman–Crippen MR) is 89.5 cm³/mol. The third-order valence-electron chi connectivity index (χ3n) is 4.02. The van der Waals surface area contributed by atoms with Crippen LogP contribution in [0.15, 0.2) is 24.3 Å². The minimum atomic E-state index is -0.779. The highest BCUT2D eigenvalue weighted by molar-refractivity contribution is 5.99. The Balaban J connectivity index is 1.89. The summed E-state index contributed by atoms with van der Waals surface area (Å²) >= 11 is 0. The maximum atomic E-state index is 13.8. The van der Waals surface area contributed by atoms with E-state index in [4.69, 9.17) is 4.74 Å². The van der Waals surface area contributed by atoms with Gasteiger partial charge in [-0.1, -0.05) is 12.1 Å². The average Bonchev–Trinajstić information content (AvgIpc) is 3.01. The summed E-state index contributed by atoms with van der Waals surface area (Å²) in [5.74, 6) is -3.33. The second-order valence-corrected chi connectivity index (χ2v) is 5.89. The first-order chi connectivity index (χ1) is 12.3. The number of carbonyl (C=O) groups excluding carboxylic acids is 4. The van der Waals surface area contributed by atoms with Crippen molar-refractivity contribution in [3.8, 4) is 0 Å². The van der Waals surface area contributed by atoms with Gasteiger partial charge in [0.1, 0.15) is 5.82 Å². The van der Waals surface area contributed by atoms with E-state index >= 15 is 0 Å². The van der Waals surface area contributed by atoms with E-state index in [-0.39, 0.29) is 37.0 Å². The SMILES string of the molecule is CNC(=O)CN(C)C(=O)COC(=O)[C@@H]1CC(=O)N(c2ccccc2F)C1. The third-order valence-corrected chi connectivity index (χ3v) is 4.02. The van der Waals surface area contributed by atoms with Crippen molar-refractivity contribution in [3.05, 3.63) is 30.1 Å². The minimum absolute atomic E-state index is 0.0130. The molecule has 1 aromatic carbocycles. The van der Waals surface area contributed by atoms with Crippen molar-refractivity contribution < 1.29 is 28.3 Å². The Kier molecular flexibility index (Phi) is 6.26. The van der Waals surface area contributed by atoms with Gasteiger partial charge in [-0.3, -0.25) is 19.2 Å². The quantitative estimate of drug-likeness (QED) is 0.712. The van der Waals surface area contributed by atoms with Crippen molar-refractivity contribution in [2.45, 2.75) is 6.42 Å². The summed E-state index contributed by atoms with van der Waals surface area (Å²) in [7, 11) is 2.85. The Morgan fingerprint density at radius 2 is 2.04 bits per heavy atom. The zero-order valence-electron chi connectivity index (χ0n) is 14.5. The van der Waals surface area contributed by atoms with Crippen LogP contribution in [0.2, 0.25) is 0 Å². The monoisotopic (exact) mass is 365 g/mol. The summed E-state index contributed by atoms with van der Waals surface area (Å²) in [4.78, 5) is 49.6. The van der Waals surface area contributed by atoms with Gasteiger partial charge in [0.25, 0.3) is 5.91 Å². The van der Waals surface area contributed by atoms with Crippen LogP contribution < -0.4 is 10.2 Å². The molecule has 1 atom stereocenters. The molecule has 1 fully saturated rings. The normalized spacial score (nSPS) is 16.3. The minimum Gasteiger partial charge on any atom is -0.455 e. The van der Waals surface area contributed by atoms with Crippen LogP contribution >= 0.6 is 0 Å². The molecule has 8 nitrogen and oxygen atoms in total. The van der Waals surface area contributed by atoms with E-state index < -0.39 is 30.2 Å². The zero-order valence-corrected chi connectivity index (χ0v) is 14.5. The van der Waals surface area contributed by atoms with Crippen molar-refractivity contribution in [2.24, 2.45) is 5.92 Å². The van der Waals surface area contributed by atoms with Gasteiger partial charge in [0.2, 0.25) is 11.8 Å². The molecule has 0 aliphatic carbocycles. The van der Waals surface area contributed by atoms with Gasteiger partial charge < -0.3 is 19.9 Å². The Morgan fingerprint density at radius 1 is 1.35 bits per heavy atom. The first kappa shape index (κ1) is 19.4. The molecule has 1 N–H and O–H groups in total. The van der Waals surface area contributed by atoms with Gasteiger partial charge in [-0.15, -0.1) is 0 Å². The lowest BCUT2D eigenvalue weighted by Gasteiger charge is -2.18. The molecule has 0 unspecified atom stereocenters. The number of hydrogen-bond donors (Lipinski definition) is 1. The van der Waals surface area contributed by atoms with Crippen LogP contribution in [0.1, 0.15) is 6.42 Å². The number of carbonyl (C=O) groups is 4. The van der Waals surface area contributed by atoms with Crippen molar-refractivity contribution >= 4 is 29.4 Å². The highest BCUT2D eigenvalue weighted by Gasteiger charge is 2.37. The number of rotatable bonds is 6. The van der Waals surface area contributed by atoms with Crippen molar-refractivity contribution in [1.82, 2.24) is 10.2 Å². The van der Waals surface area contributed by atoms with Gasteiger partial charge in [-0.2, -0.15) is 0 Å². The number of hydrogen-bond acceptors (Lipinski definition) is 5. The Morgan fingerprint density at radius 3 is 2.69 bits per heavy atom. The molecular weight excluding hydrogens is 345 g/mol. The van der Waals surface area contributed by atoms with Crippen molar-refractivity contribution in [2.75, 3.05) is 38.7 Å². The lowest BCUT2D eigenvalue weighted by atomic mass is 10.1. The van der Waals surface area contributed by atoms with Gasteiger partial charge in [-0.25, -0.2) is 4.39 Å². The maximum Gasteiger partial charge on any atom is 0.311 e. The van der Waals surface area contributed by atoms with Crippen LogP contribution in [-0.2, 0) is 23.9 Å². The van der Waals surface area contributed by atoms with E-state index in [1.54, 1.807) is 6.07 Å². The topological polar surface area (TPSA) is 96.0 Å². The highest BCUT2D eigenvalue weighted by atomic mass is 19.1. The van der Waals surface area contributed by atoms with Crippen LogP contribution in [0.3, 0.4) is 0 Å². The standard InChI is InChI=1S/C17H20FN3O5/c1-19-14(22)9-20(2)16(24)10-26-17(25)11-7-15(23)21(8-11)13-6-4-3-5-12(13)18/h3-6,11H,7-10H2,1-2H3,(H,19,22)/t11-/m1/s1. The van der Waals surface area contributed by atoms with E-state index in [9.17, 15) is 23.6 Å². The molecule has 0 spiro atoms. The number of ether oxygens (including phenoxy) is 1. The molecule has 1 heterocycles. The van der Waals surface area contributed by atoms with Gasteiger partial charge in [0.05, 0.1) is 18.2 Å². The Bertz CT molecular complexity index is 724. The fourth-order valence-electron chi connectivity index (χ4n) is 2.51. The molecule has 0 radical (unpaired) electrons. The first-order valence-electron chi connectivity index (χ1n) is 7.99. The number of esters is 1. The first-order valence-corrected chi connectivity index (χ1v) is 7.99. The largest absolute Gasteiger partial charge is 0.455 e. The second-order valence-electron chi connectivity index (χ2n) is 5.89. The van der Waals surface area contributed by atoms with Crippen LogP contribution in [0.25, 0.3) is 0 Å². The molecule has 1 aliphatic heterocycles. The van der Waals surface area contributed by atoms with Gasteiger partial charge in [-0.05, 0) is 12.1 Å². The van der Waals surface area contributed by atoms with Crippen LogP contribution in [0, 0.1) is 11.7 Å². The zero-order chi connectivity index (χ0) is 19.3. The van der Waals surface area contributed by atoms with Gasteiger partial charge in [0, 0.05) is 27.1 Å². The second kappa shape index (κ2) is 8.41. The van der Waals surface area contributed by atoms with Crippen molar-refractivity contribution in [3.63, 3.8) is 0 Å². The molecule has 26 heavy (non-hydrogen) atoms. The molecule has 3 amide bonds. The molecule has 140 valence electrons. The molecule has 1 aromatic rings. The van der Waals surface area contributed by atoms with Gasteiger partial charge in [0.15, 0.2) is 6.61 Å². The molecule has 0 saturated carbocycles. The molecule has 9 heteroatoms. The highest BCUT2D eigenvalue weighted by Crippen LogP contribution is 2.27. The average molecular weight is 365 g/mol. The molecule has 1 saturated heterocycles. The number of nitrogens with zero attached hydrogens (tertiary/aromatic N) is 2. The lowest BCUT2D eigenvalue weighted by Crippen LogP contribution is -2.39. The fourth-order valence-corrected chi connectivity index (χ4v) is 2.51. The van der Waals surface area contributed by atoms with E-state index in [0.29, 0.717) is 0 Å². The van der Waals surface area contributed by atoms with Crippen LogP contribution in [-0.4, -0.2) is 62.4 Å². The van der Waals surface area contributed by atoms with Crippen molar-refractivity contribution in [1.29, 1.82) is 0 Å². The summed E-state index contributed by atoms with van der Waals surface area (Å²) in [6.45, 7) is -0.701. The Hall–Kier alpha value is -2.97. The molecule has 0 aromatic heterocycles. The van der Waals surface area contributed by atoms with E-state index in [1.807, 2.05) is 0 Å². The molecule has 2 rings (SSSR count). The number of amides is 3. The summed E-state index contributed by atoms with van der Waals surface area (Å²) in [5, 5.41) is 2.38. The number of halogens is 1. The number of likely N-dealkylation sites (N-methyl/N-ethyl adjacent to an activating group) is 2. The summed E-state index contributed by atoms with van der Waals surface area (Å²) < 4.78 is 18.8. The van der Waals surface area contributed by atoms with E-state index in [2.05, 4.69) is 5.32 Å². The lowest BCUT2D eigenvalue weighted by molar-refractivity contribution is -0.155. The number of anilines is 1. The fraction of sp³-hybridized carbons (Fsp3) is 0.412. The summed E-state index contributed by atoms with van der Waals surface area (Å²) in [5.41, 5.74) is 0.106. The molecule has 0 bridgehead atoms. The third kappa shape index (κ3) is 4.56. The molecular formula is C17H20FN3O5.